The van der Waals surface area contributed by atoms with Crippen molar-refractivity contribution >= 4 is 29.1 Å². The number of amides is 2. The Morgan fingerprint density at radius 1 is 1.17 bits per heavy atom. The monoisotopic (exact) mass is 509 g/mol. The normalized spacial score (nSPS) is 18.2. The van der Waals surface area contributed by atoms with Crippen LogP contribution in [-0.2, 0) is 4.79 Å². The van der Waals surface area contributed by atoms with Gasteiger partial charge < -0.3 is 15.4 Å². The van der Waals surface area contributed by atoms with Crippen LogP contribution in [-0.4, -0.2) is 49.4 Å². The van der Waals surface area contributed by atoms with E-state index in [0.717, 1.165) is 17.7 Å². The van der Waals surface area contributed by atoms with Crippen LogP contribution in [0, 0.1) is 11.7 Å². The van der Waals surface area contributed by atoms with Crippen LogP contribution in [0.2, 0.25) is 0 Å². The number of rotatable bonds is 8. The van der Waals surface area contributed by atoms with Crippen LogP contribution in [0.25, 0.3) is 11.3 Å². The minimum absolute atomic E-state index is 0.0726. The molecule has 9 nitrogen and oxygen atoms in total. The summed E-state index contributed by atoms with van der Waals surface area (Å²) in [7, 11) is 0. The molecule has 1 aliphatic heterocycles. The summed E-state index contributed by atoms with van der Waals surface area (Å²) in [5.74, 6) is -1.35. The van der Waals surface area contributed by atoms with Gasteiger partial charge in [-0.05, 0) is 68.4 Å². The van der Waals surface area contributed by atoms with Crippen molar-refractivity contribution in [2.45, 2.75) is 44.8 Å². The number of primary amides is 1. The maximum atomic E-state index is 14.9. The largest absolute Gasteiger partial charge is 0.484 e. The number of hydrogen-bond donors (Lipinski definition) is 1. The number of nitrogens with zero attached hydrogens (tertiary/aromatic N) is 4. The standard InChI is InChI=1S/C25H24FN5O4S/c1-13(35-16-6-7-18(28-12-16)23(32)14-4-5-14)21-10-19(30-36-21)15-9-17(26)22(29-11-15)25(34)31-8-2-3-20(31)24(27)33/h6-7,9-14,20H,2-5,8H2,1H3,(H2,27,33)/t13-,20+/m1/s1. The van der Waals surface area contributed by atoms with Gasteiger partial charge in [0.2, 0.25) is 5.91 Å². The molecule has 3 aromatic rings. The van der Waals surface area contributed by atoms with Crippen molar-refractivity contribution in [3.8, 4) is 17.0 Å². The topological polar surface area (TPSA) is 128 Å². The Morgan fingerprint density at radius 2 is 1.97 bits per heavy atom. The molecule has 2 N–H and O–H groups in total. The Balaban J connectivity index is 1.26. The van der Waals surface area contributed by atoms with E-state index in [-0.39, 0.29) is 23.5 Å². The number of ether oxygens (including phenoxy) is 1. The predicted molar refractivity (Wildman–Crippen MR) is 129 cm³/mol. The molecule has 5 rings (SSSR count). The van der Waals surface area contributed by atoms with Gasteiger partial charge in [-0.1, -0.05) is 0 Å². The molecular formula is C25H24FN5O4S. The second-order valence-electron chi connectivity index (χ2n) is 9.01. The number of pyridine rings is 2. The lowest BCUT2D eigenvalue weighted by atomic mass is 10.1. The average molecular weight is 510 g/mol. The maximum absolute atomic E-state index is 14.9. The van der Waals surface area contributed by atoms with E-state index in [1.54, 1.807) is 18.2 Å². The molecule has 3 aromatic heterocycles. The van der Waals surface area contributed by atoms with Crippen molar-refractivity contribution in [1.29, 1.82) is 0 Å². The van der Waals surface area contributed by atoms with Crippen LogP contribution in [0.5, 0.6) is 5.75 Å². The lowest BCUT2D eigenvalue weighted by Gasteiger charge is -2.21. The van der Waals surface area contributed by atoms with Crippen LogP contribution in [0.1, 0.15) is 64.6 Å². The van der Waals surface area contributed by atoms with Crippen LogP contribution >= 0.6 is 11.5 Å². The van der Waals surface area contributed by atoms with Crippen molar-refractivity contribution in [2.75, 3.05) is 6.54 Å². The molecular weight excluding hydrogens is 485 g/mol. The van der Waals surface area contributed by atoms with Gasteiger partial charge in [0.1, 0.15) is 23.6 Å². The average Bonchev–Trinajstić information content (AvgIpc) is 3.38. The lowest BCUT2D eigenvalue weighted by Crippen LogP contribution is -2.44. The summed E-state index contributed by atoms with van der Waals surface area (Å²) in [6.07, 6.45) is 5.50. The number of hydrogen-bond acceptors (Lipinski definition) is 8. The molecule has 11 heteroatoms. The molecule has 2 amide bonds. The smallest absolute Gasteiger partial charge is 0.276 e. The predicted octanol–water partition coefficient (Wildman–Crippen LogP) is 3.56. The number of ketones is 1. The van der Waals surface area contributed by atoms with Crippen LogP contribution in [0.3, 0.4) is 0 Å². The minimum atomic E-state index is -0.793. The summed E-state index contributed by atoms with van der Waals surface area (Å²) < 4.78 is 25.2. The number of carbonyl (C=O) groups excluding carboxylic acids is 3. The molecule has 1 aliphatic carbocycles. The number of Topliss-reactive ketones (excluding diaryl/α,β-unsaturated/α-hetero) is 1. The van der Waals surface area contributed by atoms with E-state index in [4.69, 9.17) is 10.5 Å². The Hall–Kier alpha value is -3.73. The minimum Gasteiger partial charge on any atom is -0.484 e. The fraction of sp³-hybridized carbons (Fsp3) is 0.360. The van der Waals surface area contributed by atoms with Crippen molar-refractivity contribution in [2.24, 2.45) is 11.7 Å². The number of halogens is 1. The van der Waals surface area contributed by atoms with E-state index >= 15 is 0 Å². The van der Waals surface area contributed by atoms with Crippen molar-refractivity contribution in [1.82, 2.24) is 19.2 Å². The molecule has 186 valence electrons. The zero-order valence-corrected chi connectivity index (χ0v) is 20.3. The Morgan fingerprint density at radius 3 is 2.64 bits per heavy atom. The van der Waals surface area contributed by atoms with E-state index < -0.39 is 23.7 Å². The molecule has 36 heavy (non-hydrogen) atoms. The summed E-state index contributed by atoms with van der Waals surface area (Å²) >= 11 is 1.21. The van der Waals surface area contributed by atoms with E-state index in [1.807, 2.05) is 6.92 Å². The maximum Gasteiger partial charge on any atom is 0.276 e. The zero-order valence-electron chi connectivity index (χ0n) is 19.5. The first-order chi connectivity index (χ1) is 17.3. The molecule has 4 heterocycles. The Kier molecular flexibility index (Phi) is 6.48. The Bertz CT molecular complexity index is 1320. The van der Waals surface area contributed by atoms with Gasteiger partial charge in [-0.3, -0.25) is 14.4 Å². The first kappa shape index (κ1) is 24.0. The molecule has 2 fully saturated rings. The van der Waals surface area contributed by atoms with Gasteiger partial charge in [-0.2, -0.15) is 4.37 Å². The molecule has 0 bridgehead atoms. The van der Waals surface area contributed by atoms with Gasteiger partial charge >= 0.3 is 0 Å². The molecule has 0 aromatic carbocycles. The number of nitrogens with two attached hydrogens (primary N) is 1. The van der Waals surface area contributed by atoms with E-state index in [0.29, 0.717) is 42.1 Å². The summed E-state index contributed by atoms with van der Waals surface area (Å²) in [6, 6.07) is 5.63. The second kappa shape index (κ2) is 9.73. The molecule has 1 saturated carbocycles. The highest BCUT2D eigenvalue weighted by Gasteiger charge is 2.35. The van der Waals surface area contributed by atoms with E-state index in [9.17, 15) is 18.8 Å². The van der Waals surface area contributed by atoms with Gasteiger partial charge in [0.15, 0.2) is 17.3 Å². The van der Waals surface area contributed by atoms with E-state index in [2.05, 4.69) is 14.3 Å². The van der Waals surface area contributed by atoms with Crippen LogP contribution < -0.4 is 10.5 Å². The Labute approximate surface area is 210 Å². The molecule has 2 atom stereocenters. The third-order valence-corrected chi connectivity index (χ3v) is 7.31. The second-order valence-corrected chi connectivity index (χ2v) is 9.84. The van der Waals surface area contributed by atoms with Crippen molar-refractivity contribution in [3.05, 3.63) is 58.7 Å². The third-order valence-electron chi connectivity index (χ3n) is 6.36. The number of carbonyl (C=O) groups is 3. The molecule has 0 unspecified atom stereocenters. The van der Waals surface area contributed by atoms with Gasteiger partial charge in [-0.25, -0.2) is 14.4 Å². The van der Waals surface area contributed by atoms with Gasteiger partial charge in [0.05, 0.1) is 16.8 Å². The first-order valence-corrected chi connectivity index (χ1v) is 12.5. The highest BCUT2D eigenvalue weighted by molar-refractivity contribution is 7.06. The van der Waals surface area contributed by atoms with Crippen molar-refractivity contribution < 1.29 is 23.5 Å². The summed E-state index contributed by atoms with van der Waals surface area (Å²) in [5, 5.41) is 0. The number of aromatic nitrogens is 3. The summed E-state index contributed by atoms with van der Waals surface area (Å²) in [5.41, 5.74) is 6.37. The van der Waals surface area contributed by atoms with Gasteiger partial charge in [0.25, 0.3) is 5.91 Å². The number of likely N-dealkylation sites (tertiary alicyclic amines) is 1. The van der Waals surface area contributed by atoms with Gasteiger partial charge in [-0.15, -0.1) is 0 Å². The van der Waals surface area contributed by atoms with Crippen LogP contribution in [0.15, 0.2) is 36.7 Å². The molecule has 1 saturated heterocycles. The fourth-order valence-electron chi connectivity index (χ4n) is 4.21. The van der Waals surface area contributed by atoms with Crippen LogP contribution in [0.4, 0.5) is 4.39 Å². The summed E-state index contributed by atoms with van der Waals surface area (Å²) in [6.45, 7) is 2.18. The van der Waals surface area contributed by atoms with Crippen molar-refractivity contribution in [3.63, 3.8) is 0 Å². The quantitative estimate of drug-likeness (QED) is 0.460. The first-order valence-electron chi connectivity index (χ1n) is 11.7. The lowest BCUT2D eigenvalue weighted by molar-refractivity contribution is -0.121. The highest BCUT2D eigenvalue weighted by Crippen LogP contribution is 2.33. The SMILES string of the molecule is C[C@@H](Oc1ccc(C(=O)C2CC2)nc1)c1cc(-c2cnc(C(=O)N3CCC[C@H]3C(N)=O)c(F)c2)ns1. The fourth-order valence-corrected chi connectivity index (χ4v) is 4.93. The van der Waals surface area contributed by atoms with Gasteiger partial charge in [0, 0.05) is 24.2 Å². The van der Waals surface area contributed by atoms with E-state index in [1.165, 1.54) is 34.9 Å². The molecule has 0 radical (unpaired) electrons. The molecule has 0 spiro atoms. The third kappa shape index (κ3) is 4.83. The molecule has 2 aliphatic rings. The summed E-state index contributed by atoms with van der Waals surface area (Å²) in [4.78, 5) is 46.8. The zero-order chi connectivity index (χ0) is 25.4. The highest BCUT2D eigenvalue weighted by atomic mass is 32.1.